The molecule has 0 bridgehead atoms. The molecule has 1 amide bonds. The standard InChI is InChI=1S/C20H37N3O/c1-5-7-8-9-10-11-12-13-14-15-20-21-16-17-23(20,6-2)18(3)22-19(4)24/h9-10,18H,5-8,11-17H2,1-4H3/p+1/b10-9+. The van der Waals surface area contributed by atoms with Crippen molar-refractivity contribution in [2.45, 2.75) is 85.2 Å². The van der Waals surface area contributed by atoms with Crippen LogP contribution in [0.1, 0.15) is 79.1 Å². The van der Waals surface area contributed by atoms with Crippen LogP contribution in [0.15, 0.2) is 17.1 Å². The van der Waals surface area contributed by atoms with Crippen LogP contribution < -0.4 is 5.32 Å². The molecule has 0 saturated heterocycles. The minimum Gasteiger partial charge on any atom is -0.307 e. The minimum absolute atomic E-state index is 0.0505. The van der Waals surface area contributed by atoms with Crippen LogP contribution in [0.5, 0.6) is 0 Å². The van der Waals surface area contributed by atoms with Crippen LogP contribution in [0.2, 0.25) is 0 Å². The molecule has 1 aliphatic heterocycles. The van der Waals surface area contributed by atoms with E-state index in [-0.39, 0.29) is 12.1 Å². The van der Waals surface area contributed by atoms with Gasteiger partial charge in [-0.25, -0.2) is 4.99 Å². The molecular weight excluding hydrogens is 298 g/mol. The quantitative estimate of drug-likeness (QED) is 0.320. The number of nitrogens with zero attached hydrogens (tertiary/aromatic N) is 2. The molecule has 0 radical (unpaired) electrons. The molecule has 4 heteroatoms. The molecule has 138 valence electrons. The van der Waals surface area contributed by atoms with E-state index < -0.39 is 0 Å². The summed E-state index contributed by atoms with van der Waals surface area (Å²) in [7, 11) is 0. The molecule has 2 unspecified atom stereocenters. The van der Waals surface area contributed by atoms with E-state index in [0.29, 0.717) is 0 Å². The summed E-state index contributed by atoms with van der Waals surface area (Å²) in [5, 5.41) is 3.08. The Labute approximate surface area is 149 Å². The molecule has 0 aromatic heterocycles. The number of carbonyl (C=O) groups is 1. The van der Waals surface area contributed by atoms with Crippen LogP contribution in [0.4, 0.5) is 0 Å². The maximum absolute atomic E-state index is 11.4. The molecule has 1 rings (SSSR count). The summed E-state index contributed by atoms with van der Waals surface area (Å²) in [5.74, 6) is 1.34. The van der Waals surface area contributed by atoms with Crippen molar-refractivity contribution in [2.24, 2.45) is 4.99 Å². The zero-order chi connectivity index (χ0) is 17.8. The monoisotopic (exact) mass is 336 g/mol. The molecule has 1 N–H and O–H groups in total. The molecule has 1 aliphatic rings. The molecule has 1 heterocycles. The zero-order valence-electron chi connectivity index (χ0n) is 16.3. The van der Waals surface area contributed by atoms with E-state index in [1.807, 2.05) is 0 Å². The number of likely N-dealkylation sites (N-methyl/N-ethyl adjacent to an activating group) is 1. The van der Waals surface area contributed by atoms with Crippen molar-refractivity contribution in [3.8, 4) is 0 Å². The summed E-state index contributed by atoms with van der Waals surface area (Å²) < 4.78 is 0.844. The molecule has 0 fully saturated rings. The number of unbranched alkanes of at least 4 members (excludes halogenated alkanes) is 5. The summed E-state index contributed by atoms with van der Waals surface area (Å²) in [6.45, 7) is 11.1. The number of rotatable bonds is 12. The first-order valence-corrected chi connectivity index (χ1v) is 9.89. The van der Waals surface area contributed by atoms with Gasteiger partial charge in [0.15, 0.2) is 12.0 Å². The topological polar surface area (TPSA) is 41.5 Å². The van der Waals surface area contributed by atoms with Crippen LogP contribution in [0.25, 0.3) is 0 Å². The van der Waals surface area contributed by atoms with Crippen molar-refractivity contribution in [3.05, 3.63) is 12.2 Å². The van der Waals surface area contributed by atoms with Crippen molar-refractivity contribution in [2.75, 3.05) is 19.6 Å². The van der Waals surface area contributed by atoms with E-state index in [2.05, 4.69) is 38.2 Å². The Morgan fingerprint density at radius 1 is 1.21 bits per heavy atom. The molecule has 0 aromatic rings. The summed E-state index contributed by atoms with van der Waals surface area (Å²) in [5.41, 5.74) is 0. The molecule has 0 spiro atoms. The smallest absolute Gasteiger partial charge is 0.221 e. The van der Waals surface area contributed by atoms with E-state index in [1.54, 1.807) is 6.92 Å². The predicted octanol–water partition coefficient (Wildman–Crippen LogP) is 4.41. The van der Waals surface area contributed by atoms with Gasteiger partial charge in [-0.2, -0.15) is 0 Å². The third-order valence-electron chi connectivity index (χ3n) is 5.19. The van der Waals surface area contributed by atoms with E-state index in [9.17, 15) is 4.79 Å². The van der Waals surface area contributed by atoms with Gasteiger partial charge in [0.1, 0.15) is 6.54 Å². The van der Waals surface area contributed by atoms with Gasteiger partial charge >= 0.3 is 0 Å². The fourth-order valence-corrected chi connectivity index (χ4v) is 3.66. The zero-order valence-corrected chi connectivity index (χ0v) is 16.3. The molecule has 0 aromatic carbocycles. The third kappa shape index (κ3) is 6.39. The minimum atomic E-state index is 0.0505. The molecule has 2 atom stereocenters. The van der Waals surface area contributed by atoms with Gasteiger partial charge in [0.2, 0.25) is 5.91 Å². The second-order valence-electron chi connectivity index (χ2n) is 6.96. The lowest BCUT2D eigenvalue weighted by molar-refractivity contribution is -0.861. The fraction of sp³-hybridized carbons (Fsp3) is 0.800. The highest BCUT2D eigenvalue weighted by atomic mass is 16.1. The Bertz CT molecular complexity index is 431. The Hall–Kier alpha value is -1.16. The van der Waals surface area contributed by atoms with Gasteiger partial charge < -0.3 is 5.32 Å². The van der Waals surface area contributed by atoms with Crippen molar-refractivity contribution in [3.63, 3.8) is 0 Å². The number of allylic oxidation sites excluding steroid dienone is 2. The number of nitrogens with one attached hydrogen (secondary N) is 1. The van der Waals surface area contributed by atoms with Crippen LogP contribution in [-0.2, 0) is 4.79 Å². The average Bonchev–Trinajstić information content (AvgIpc) is 2.97. The Balaban J connectivity index is 2.35. The summed E-state index contributed by atoms with van der Waals surface area (Å²) in [6, 6.07) is 0. The first-order valence-electron chi connectivity index (χ1n) is 9.89. The van der Waals surface area contributed by atoms with Gasteiger partial charge in [-0.3, -0.25) is 9.28 Å². The predicted molar refractivity (Wildman–Crippen MR) is 103 cm³/mol. The molecule has 0 aliphatic carbocycles. The van der Waals surface area contributed by atoms with E-state index >= 15 is 0 Å². The second-order valence-corrected chi connectivity index (χ2v) is 6.96. The lowest BCUT2D eigenvalue weighted by atomic mass is 10.1. The number of aliphatic imine (C=N–C) groups is 1. The molecule has 4 nitrogen and oxygen atoms in total. The summed E-state index contributed by atoms with van der Waals surface area (Å²) in [4.78, 5) is 16.2. The maximum Gasteiger partial charge on any atom is 0.221 e. The van der Waals surface area contributed by atoms with Gasteiger partial charge in [0.05, 0.1) is 13.1 Å². The number of amidine groups is 1. The van der Waals surface area contributed by atoms with Crippen molar-refractivity contribution in [1.29, 1.82) is 0 Å². The Kier molecular flexibility index (Phi) is 9.92. The van der Waals surface area contributed by atoms with E-state index in [1.165, 1.54) is 50.8 Å². The van der Waals surface area contributed by atoms with Crippen molar-refractivity contribution < 1.29 is 9.28 Å². The third-order valence-corrected chi connectivity index (χ3v) is 5.19. The Morgan fingerprint density at radius 2 is 1.92 bits per heavy atom. The fourth-order valence-electron chi connectivity index (χ4n) is 3.66. The van der Waals surface area contributed by atoms with Crippen LogP contribution >= 0.6 is 0 Å². The number of carbonyl (C=O) groups excluding carboxylic acids is 1. The number of hydrogen-bond donors (Lipinski definition) is 1. The van der Waals surface area contributed by atoms with Crippen molar-refractivity contribution in [1.82, 2.24) is 5.32 Å². The number of amides is 1. The van der Waals surface area contributed by atoms with Crippen molar-refractivity contribution >= 4 is 11.7 Å². The summed E-state index contributed by atoms with van der Waals surface area (Å²) >= 11 is 0. The lowest BCUT2D eigenvalue weighted by Crippen LogP contribution is -2.62. The highest BCUT2D eigenvalue weighted by Gasteiger charge is 2.41. The molecule has 24 heavy (non-hydrogen) atoms. The van der Waals surface area contributed by atoms with E-state index in [0.717, 1.165) is 30.5 Å². The first kappa shape index (κ1) is 20.9. The lowest BCUT2D eigenvalue weighted by Gasteiger charge is -2.39. The normalized spacial score (nSPS) is 21.9. The second kappa shape index (κ2) is 11.4. The van der Waals surface area contributed by atoms with Gasteiger partial charge in [0, 0.05) is 20.3 Å². The SMILES string of the molecule is CCCC/C=C/CCCCCC1=NCC[N+]1(CC)C(C)NC(C)=O. The largest absolute Gasteiger partial charge is 0.307 e. The number of quaternary nitrogens is 1. The van der Waals surface area contributed by atoms with Gasteiger partial charge in [-0.15, -0.1) is 0 Å². The Morgan fingerprint density at radius 3 is 2.54 bits per heavy atom. The first-order chi connectivity index (χ1) is 11.6. The van der Waals surface area contributed by atoms with Crippen LogP contribution in [0.3, 0.4) is 0 Å². The highest BCUT2D eigenvalue weighted by Crippen LogP contribution is 2.23. The number of hydrogen-bond acceptors (Lipinski definition) is 2. The van der Waals surface area contributed by atoms with Crippen LogP contribution in [0, 0.1) is 0 Å². The van der Waals surface area contributed by atoms with E-state index in [4.69, 9.17) is 4.99 Å². The summed E-state index contributed by atoms with van der Waals surface area (Å²) in [6.07, 6.45) is 14.6. The van der Waals surface area contributed by atoms with Gasteiger partial charge in [-0.1, -0.05) is 38.3 Å². The maximum atomic E-state index is 11.4. The van der Waals surface area contributed by atoms with Gasteiger partial charge in [0.25, 0.3) is 0 Å². The van der Waals surface area contributed by atoms with Gasteiger partial charge in [-0.05, 0) is 32.6 Å². The van der Waals surface area contributed by atoms with Crippen LogP contribution in [-0.4, -0.2) is 42.0 Å². The molecule has 0 saturated carbocycles. The highest BCUT2D eigenvalue weighted by molar-refractivity contribution is 5.78. The molecular formula is C20H38N3O+. The average molecular weight is 337 g/mol.